The molecule has 0 atom stereocenters. The number of nitrogens with one attached hydrogen (secondary N) is 1. The molecule has 0 saturated carbocycles. The molecule has 0 bridgehead atoms. The lowest BCUT2D eigenvalue weighted by molar-refractivity contribution is 0.102. The highest BCUT2D eigenvalue weighted by molar-refractivity contribution is 6.30. The minimum absolute atomic E-state index is 0.208. The summed E-state index contributed by atoms with van der Waals surface area (Å²) in [4.78, 5) is 13.0. The van der Waals surface area contributed by atoms with E-state index in [0.29, 0.717) is 16.3 Å². The summed E-state index contributed by atoms with van der Waals surface area (Å²) < 4.78 is 3.93. The highest BCUT2D eigenvalue weighted by Gasteiger charge is 2.18. The summed E-state index contributed by atoms with van der Waals surface area (Å²) >= 11 is 5.98. The second kappa shape index (κ2) is 8.59. The van der Waals surface area contributed by atoms with Gasteiger partial charge >= 0.3 is 0 Å². The predicted octanol–water partition coefficient (Wildman–Crippen LogP) is 5.07. The van der Waals surface area contributed by atoms with Crippen molar-refractivity contribution in [2.45, 2.75) is 39.2 Å². The maximum absolute atomic E-state index is 13.0. The summed E-state index contributed by atoms with van der Waals surface area (Å²) in [6, 6.07) is 15.1. The number of nitrogens with zero attached hydrogens (tertiary/aromatic N) is 5. The van der Waals surface area contributed by atoms with Gasteiger partial charge in [-0.2, -0.15) is 5.10 Å². The van der Waals surface area contributed by atoms with Crippen LogP contribution in [0.3, 0.4) is 0 Å². The van der Waals surface area contributed by atoms with Crippen molar-refractivity contribution in [3.8, 4) is 17.1 Å². The van der Waals surface area contributed by atoms with Crippen LogP contribution in [0.2, 0.25) is 5.02 Å². The van der Waals surface area contributed by atoms with Gasteiger partial charge in [-0.15, -0.1) is 10.2 Å². The van der Waals surface area contributed by atoms with Crippen LogP contribution in [0, 0.1) is 6.92 Å². The maximum Gasteiger partial charge on any atom is 0.259 e. The summed E-state index contributed by atoms with van der Waals surface area (Å²) in [6.45, 7) is 2.80. The fraction of sp³-hybridized carbons (Fsp3) is 0.250. The van der Waals surface area contributed by atoms with Crippen molar-refractivity contribution in [3.05, 3.63) is 76.8 Å². The summed E-state index contributed by atoms with van der Waals surface area (Å²) in [5, 5.41) is 16.8. The number of carbonyl (C=O) groups excluding carboxylic acids is 1. The van der Waals surface area contributed by atoms with E-state index in [-0.39, 0.29) is 5.91 Å². The number of aromatic nitrogens is 5. The molecule has 1 aliphatic rings. The molecule has 32 heavy (non-hydrogen) atoms. The van der Waals surface area contributed by atoms with Crippen molar-refractivity contribution in [2.24, 2.45) is 0 Å². The molecule has 0 fully saturated rings. The number of fused-ring (bicyclic) bond motifs is 1. The van der Waals surface area contributed by atoms with Crippen LogP contribution in [0.4, 0.5) is 5.69 Å². The Morgan fingerprint density at radius 2 is 1.91 bits per heavy atom. The normalized spacial score (nSPS) is 13.4. The summed E-state index contributed by atoms with van der Waals surface area (Å²) in [5.74, 6) is 1.68. The van der Waals surface area contributed by atoms with Crippen molar-refractivity contribution in [3.63, 3.8) is 0 Å². The number of anilines is 1. The van der Waals surface area contributed by atoms with E-state index in [9.17, 15) is 4.79 Å². The molecule has 4 aromatic rings. The molecule has 0 spiro atoms. The summed E-state index contributed by atoms with van der Waals surface area (Å²) in [6.07, 6.45) is 6.03. The van der Waals surface area contributed by atoms with Crippen molar-refractivity contribution in [1.29, 1.82) is 0 Å². The molecular weight excluding hydrogens is 424 g/mol. The molecule has 0 unspecified atom stereocenters. The van der Waals surface area contributed by atoms with E-state index in [1.807, 2.05) is 43.3 Å². The van der Waals surface area contributed by atoms with E-state index < -0.39 is 0 Å². The Balaban J connectivity index is 1.38. The molecule has 3 heterocycles. The third kappa shape index (κ3) is 3.91. The van der Waals surface area contributed by atoms with Crippen molar-refractivity contribution < 1.29 is 4.79 Å². The lowest BCUT2D eigenvalue weighted by atomic mass is 10.1. The van der Waals surface area contributed by atoms with E-state index in [4.69, 9.17) is 11.6 Å². The molecule has 1 amide bonds. The number of hydrogen-bond acceptors (Lipinski definition) is 4. The van der Waals surface area contributed by atoms with Crippen LogP contribution >= 0.6 is 11.6 Å². The van der Waals surface area contributed by atoms with E-state index in [2.05, 4.69) is 25.2 Å². The van der Waals surface area contributed by atoms with Crippen LogP contribution in [-0.2, 0) is 13.0 Å². The standard InChI is InChI=1S/C24H23ClN6O/c1-16-21(15-26-31(16)20-11-9-18(25)10-12-20)24(32)27-19-7-5-6-17(14-19)23-29-28-22-8-3-2-4-13-30(22)23/h5-7,9-12,14-15H,2-4,8,13H2,1H3,(H,27,32). The monoisotopic (exact) mass is 446 g/mol. The van der Waals surface area contributed by atoms with Gasteiger partial charge in [0.15, 0.2) is 5.82 Å². The first-order chi connectivity index (χ1) is 15.6. The first-order valence-electron chi connectivity index (χ1n) is 10.7. The van der Waals surface area contributed by atoms with Crippen LogP contribution < -0.4 is 5.32 Å². The molecule has 0 radical (unpaired) electrons. The second-order valence-electron chi connectivity index (χ2n) is 7.97. The van der Waals surface area contributed by atoms with Gasteiger partial charge in [0, 0.05) is 29.2 Å². The molecule has 1 N–H and O–H groups in total. The molecule has 5 rings (SSSR count). The zero-order valence-electron chi connectivity index (χ0n) is 17.8. The van der Waals surface area contributed by atoms with Gasteiger partial charge < -0.3 is 9.88 Å². The predicted molar refractivity (Wildman–Crippen MR) is 124 cm³/mol. The number of carbonyl (C=O) groups is 1. The number of rotatable bonds is 4. The van der Waals surface area contributed by atoms with Gasteiger partial charge in [0.2, 0.25) is 0 Å². The quantitative estimate of drug-likeness (QED) is 0.474. The molecule has 7 nitrogen and oxygen atoms in total. The topological polar surface area (TPSA) is 77.6 Å². The number of aryl methyl sites for hydroxylation is 1. The van der Waals surface area contributed by atoms with Crippen LogP contribution in [-0.4, -0.2) is 30.5 Å². The number of benzene rings is 2. The largest absolute Gasteiger partial charge is 0.322 e. The molecule has 0 saturated heterocycles. The lowest BCUT2D eigenvalue weighted by Gasteiger charge is -2.10. The van der Waals surface area contributed by atoms with Gasteiger partial charge in [-0.05, 0) is 56.2 Å². The summed E-state index contributed by atoms with van der Waals surface area (Å²) in [7, 11) is 0. The fourth-order valence-electron chi connectivity index (χ4n) is 4.11. The van der Waals surface area contributed by atoms with Crippen LogP contribution in [0.5, 0.6) is 0 Å². The third-order valence-electron chi connectivity index (χ3n) is 5.81. The number of halogens is 1. The smallest absolute Gasteiger partial charge is 0.259 e. The molecule has 2 aromatic heterocycles. The minimum atomic E-state index is -0.208. The Bertz CT molecular complexity index is 1270. The van der Waals surface area contributed by atoms with Crippen LogP contribution in [0.25, 0.3) is 17.1 Å². The fourth-order valence-corrected chi connectivity index (χ4v) is 4.23. The summed E-state index contributed by atoms with van der Waals surface area (Å²) in [5.41, 5.74) is 3.76. The Kier molecular flexibility index (Phi) is 5.49. The zero-order valence-corrected chi connectivity index (χ0v) is 18.5. The van der Waals surface area contributed by atoms with E-state index >= 15 is 0 Å². The highest BCUT2D eigenvalue weighted by Crippen LogP contribution is 2.25. The zero-order chi connectivity index (χ0) is 22.1. The average molecular weight is 447 g/mol. The van der Waals surface area contributed by atoms with Gasteiger partial charge in [0.05, 0.1) is 23.1 Å². The van der Waals surface area contributed by atoms with Crippen molar-refractivity contribution in [2.75, 3.05) is 5.32 Å². The highest BCUT2D eigenvalue weighted by atomic mass is 35.5. The molecule has 0 aliphatic carbocycles. The molecule has 2 aromatic carbocycles. The van der Waals surface area contributed by atoms with Crippen LogP contribution in [0.15, 0.2) is 54.7 Å². The minimum Gasteiger partial charge on any atom is -0.322 e. The molecule has 1 aliphatic heterocycles. The average Bonchev–Trinajstić information content (AvgIpc) is 3.30. The van der Waals surface area contributed by atoms with E-state index in [0.717, 1.165) is 54.4 Å². The Hall–Kier alpha value is -3.45. The first-order valence-corrected chi connectivity index (χ1v) is 11.1. The van der Waals surface area contributed by atoms with E-state index in [1.54, 1.807) is 23.0 Å². The SMILES string of the molecule is Cc1c(C(=O)Nc2cccc(-c3nnc4n3CCCCC4)c2)cnn1-c1ccc(Cl)cc1. The van der Waals surface area contributed by atoms with E-state index in [1.165, 1.54) is 6.42 Å². The lowest BCUT2D eigenvalue weighted by Crippen LogP contribution is -2.13. The number of amides is 1. The van der Waals surface area contributed by atoms with Crippen molar-refractivity contribution >= 4 is 23.2 Å². The Labute approximate surface area is 191 Å². The molecule has 162 valence electrons. The van der Waals surface area contributed by atoms with Crippen LogP contribution in [0.1, 0.15) is 41.1 Å². The Morgan fingerprint density at radius 1 is 1.06 bits per heavy atom. The van der Waals surface area contributed by atoms with Crippen molar-refractivity contribution in [1.82, 2.24) is 24.5 Å². The van der Waals surface area contributed by atoms with Gasteiger partial charge in [-0.1, -0.05) is 30.2 Å². The third-order valence-corrected chi connectivity index (χ3v) is 6.07. The molecule has 8 heteroatoms. The second-order valence-corrected chi connectivity index (χ2v) is 8.41. The number of hydrogen-bond donors (Lipinski definition) is 1. The molecular formula is C24H23ClN6O. The van der Waals surface area contributed by atoms with Gasteiger partial charge in [0.1, 0.15) is 5.82 Å². The van der Waals surface area contributed by atoms with Gasteiger partial charge in [-0.3, -0.25) is 4.79 Å². The van der Waals surface area contributed by atoms with Gasteiger partial charge in [-0.25, -0.2) is 4.68 Å². The van der Waals surface area contributed by atoms with Gasteiger partial charge in [0.25, 0.3) is 5.91 Å². The first kappa shape index (κ1) is 20.5. The Morgan fingerprint density at radius 3 is 2.75 bits per heavy atom. The maximum atomic E-state index is 13.0.